The van der Waals surface area contributed by atoms with Crippen LogP contribution < -0.4 is 0 Å². The quantitative estimate of drug-likeness (QED) is 0.454. The van der Waals surface area contributed by atoms with Crippen LogP contribution in [0.4, 0.5) is 0 Å². The third-order valence-electron chi connectivity index (χ3n) is 3.68. The first-order valence-electron chi connectivity index (χ1n) is 7.78. The highest BCUT2D eigenvalue weighted by Gasteiger charge is 2.23. The van der Waals surface area contributed by atoms with E-state index < -0.39 is 0 Å². The Kier molecular flexibility index (Phi) is 5.24. The Morgan fingerprint density at radius 3 is 2.46 bits per heavy atom. The summed E-state index contributed by atoms with van der Waals surface area (Å²) in [5.74, 6) is -0.170. The zero-order valence-corrected chi connectivity index (χ0v) is 14.5. The van der Waals surface area contributed by atoms with Gasteiger partial charge in [-0.05, 0) is 35.2 Å². The van der Waals surface area contributed by atoms with Gasteiger partial charge in [-0.1, -0.05) is 42.5 Å². The standard InChI is InChI=1S/C21H13N3OS/c22-14-17(15-23)18-9-4-5-11-24(18)19(13-16-7-2-1-3-8-16)21(25)20-10-6-12-26-20/h1-13H/b19-13+. The highest BCUT2D eigenvalue weighted by molar-refractivity contribution is 7.12. The topological polar surface area (TPSA) is 67.9 Å². The number of carbonyl (C=O) groups excluding carboxylic acids is 1. The van der Waals surface area contributed by atoms with E-state index in [9.17, 15) is 15.3 Å². The first kappa shape index (κ1) is 17.2. The average molecular weight is 355 g/mol. The molecule has 0 spiro atoms. The number of ketones is 1. The van der Waals surface area contributed by atoms with E-state index >= 15 is 0 Å². The van der Waals surface area contributed by atoms with Gasteiger partial charge in [0.05, 0.1) is 16.3 Å². The van der Waals surface area contributed by atoms with Crippen LogP contribution in [0.25, 0.3) is 6.08 Å². The minimum Gasteiger partial charge on any atom is -0.312 e. The van der Waals surface area contributed by atoms with Crippen molar-refractivity contribution in [2.24, 2.45) is 0 Å². The first-order chi connectivity index (χ1) is 12.7. The normalized spacial score (nSPS) is 13.2. The first-order valence-corrected chi connectivity index (χ1v) is 8.66. The van der Waals surface area contributed by atoms with Gasteiger partial charge < -0.3 is 4.90 Å². The fourth-order valence-electron chi connectivity index (χ4n) is 2.48. The van der Waals surface area contributed by atoms with Crippen LogP contribution in [-0.4, -0.2) is 10.7 Å². The molecule has 1 aliphatic heterocycles. The Bertz CT molecular complexity index is 997. The largest absolute Gasteiger partial charge is 0.312 e. The molecule has 0 radical (unpaired) electrons. The maximum Gasteiger partial charge on any atom is 0.219 e. The maximum absolute atomic E-state index is 13.1. The van der Waals surface area contributed by atoms with Crippen LogP contribution in [0.3, 0.4) is 0 Å². The molecule has 1 aliphatic rings. The van der Waals surface area contributed by atoms with Gasteiger partial charge in [0.15, 0.2) is 5.57 Å². The molecule has 4 nitrogen and oxygen atoms in total. The summed E-state index contributed by atoms with van der Waals surface area (Å²) in [4.78, 5) is 15.3. The second kappa shape index (κ2) is 7.94. The molecule has 124 valence electrons. The third kappa shape index (κ3) is 3.54. The minimum atomic E-state index is -0.170. The van der Waals surface area contributed by atoms with E-state index in [0.717, 1.165) is 5.56 Å². The number of carbonyl (C=O) groups is 1. The summed E-state index contributed by atoms with van der Waals surface area (Å²) in [5, 5.41) is 20.4. The van der Waals surface area contributed by atoms with Crippen LogP contribution in [0.2, 0.25) is 0 Å². The molecule has 1 aromatic carbocycles. The molecular weight excluding hydrogens is 342 g/mol. The predicted octanol–water partition coefficient (Wildman–Crippen LogP) is 4.66. The molecule has 0 saturated carbocycles. The van der Waals surface area contributed by atoms with Crippen molar-refractivity contribution < 1.29 is 4.79 Å². The van der Waals surface area contributed by atoms with Gasteiger partial charge in [0.25, 0.3) is 0 Å². The van der Waals surface area contributed by atoms with Crippen LogP contribution in [0, 0.1) is 22.7 Å². The summed E-state index contributed by atoms with van der Waals surface area (Å²) in [6, 6.07) is 16.8. The summed E-state index contributed by atoms with van der Waals surface area (Å²) in [5.41, 5.74) is 1.55. The smallest absolute Gasteiger partial charge is 0.219 e. The fraction of sp³-hybridized carbons (Fsp3) is 0. The maximum atomic E-state index is 13.1. The number of hydrogen-bond acceptors (Lipinski definition) is 5. The molecule has 0 amide bonds. The number of rotatable bonds is 4. The summed E-state index contributed by atoms with van der Waals surface area (Å²) in [6.07, 6.45) is 8.59. The SMILES string of the molecule is N#CC(C#N)=C1C=CC=CN1/C(=C/c1ccccc1)C(=O)c1cccs1. The van der Waals surface area contributed by atoms with Crippen molar-refractivity contribution in [1.82, 2.24) is 4.90 Å². The lowest BCUT2D eigenvalue weighted by atomic mass is 10.1. The Hall–Kier alpha value is -3.67. The van der Waals surface area contributed by atoms with Crippen LogP contribution in [0.15, 0.2) is 89.2 Å². The van der Waals surface area contributed by atoms with Crippen molar-refractivity contribution in [2.45, 2.75) is 0 Å². The van der Waals surface area contributed by atoms with E-state index in [1.54, 1.807) is 41.5 Å². The lowest BCUT2D eigenvalue weighted by Gasteiger charge is -2.25. The van der Waals surface area contributed by atoms with E-state index in [1.165, 1.54) is 11.3 Å². The minimum absolute atomic E-state index is 0.0523. The fourth-order valence-corrected chi connectivity index (χ4v) is 3.15. The van der Waals surface area contributed by atoms with Crippen molar-refractivity contribution >= 4 is 23.2 Å². The van der Waals surface area contributed by atoms with Gasteiger partial charge in [0.1, 0.15) is 12.1 Å². The van der Waals surface area contributed by atoms with Gasteiger partial charge in [0.2, 0.25) is 5.78 Å². The van der Waals surface area contributed by atoms with Crippen molar-refractivity contribution in [1.29, 1.82) is 10.5 Å². The van der Waals surface area contributed by atoms with Crippen LogP contribution >= 0.6 is 11.3 Å². The van der Waals surface area contributed by atoms with Crippen LogP contribution in [0.1, 0.15) is 15.2 Å². The summed E-state index contributed by atoms with van der Waals surface area (Å²) >= 11 is 1.35. The van der Waals surface area contributed by atoms with Gasteiger partial charge in [-0.15, -0.1) is 11.3 Å². The van der Waals surface area contributed by atoms with Gasteiger partial charge >= 0.3 is 0 Å². The molecule has 1 aromatic heterocycles. The molecule has 0 N–H and O–H groups in total. The Morgan fingerprint density at radius 2 is 1.81 bits per heavy atom. The number of nitrogens with zero attached hydrogens (tertiary/aromatic N) is 3. The number of thiophene rings is 1. The molecule has 0 unspecified atom stereocenters. The predicted molar refractivity (Wildman–Crippen MR) is 101 cm³/mol. The Balaban J connectivity index is 2.16. The summed E-state index contributed by atoms with van der Waals surface area (Å²) < 4.78 is 0. The number of hydrogen-bond donors (Lipinski definition) is 0. The molecule has 0 fully saturated rings. The molecule has 0 atom stereocenters. The lowest BCUT2D eigenvalue weighted by molar-refractivity contribution is 0.101. The van der Waals surface area contributed by atoms with Crippen LogP contribution in [0.5, 0.6) is 0 Å². The van der Waals surface area contributed by atoms with Crippen molar-refractivity contribution in [3.63, 3.8) is 0 Å². The molecule has 3 rings (SSSR count). The second-order valence-electron chi connectivity index (χ2n) is 5.30. The highest BCUT2D eigenvalue weighted by Crippen LogP contribution is 2.27. The Morgan fingerprint density at radius 1 is 1.04 bits per heavy atom. The number of allylic oxidation sites excluding steroid dienone is 5. The van der Waals surface area contributed by atoms with E-state index in [4.69, 9.17) is 0 Å². The van der Waals surface area contributed by atoms with Gasteiger partial charge in [-0.25, -0.2) is 0 Å². The van der Waals surface area contributed by atoms with E-state index in [2.05, 4.69) is 0 Å². The number of benzene rings is 1. The zero-order valence-electron chi connectivity index (χ0n) is 13.7. The zero-order chi connectivity index (χ0) is 18.4. The molecule has 2 aromatic rings. The lowest BCUT2D eigenvalue weighted by Crippen LogP contribution is -2.23. The van der Waals surface area contributed by atoms with E-state index in [0.29, 0.717) is 16.3 Å². The molecule has 0 saturated heterocycles. The molecule has 0 aliphatic carbocycles. The average Bonchev–Trinajstić information content (AvgIpc) is 3.23. The van der Waals surface area contributed by atoms with E-state index in [-0.39, 0.29) is 11.4 Å². The summed E-state index contributed by atoms with van der Waals surface area (Å²) in [6.45, 7) is 0. The Labute approximate surface area is 155 Å². The van der Waals surface area contributed by atoms with Crippen molar-refractivity contribution in [3.05, 3.63) is 99.7 Å². The third-order valence-corrected chi connectivity index (χ3v) is 4.55. The van der Waals surface area contributed by atoms with Crippen LogP contribution in [-0.2, 0) is 0 Å². The van der Waals surface area contributed by atoms with Gasteiger partial charge in [-0.3, -0.25) is 4.79 Å². The monoisotopic (exact) mass is 355 g/mol. The van der Waals surface area contributed by atoms with Crippen molar-refractivity contribution in [2.75, 3.05) is 0 Å². The number of nitriles is 2. The molecule has 5 heteroatoms. The van der Waals surface area contributed by atoms with E-state index in [1.807, 2.05) is 53.9 Å². The molecule has 0 bridgehead atoms. The van der Waals surface area contributed by atoms with Gasteiger partial charge in [-0.2, -0.15) is 10.5 Å². The molecule has 26 heavy (non-hydrogen) atoms. The van der Waals surface area contributed by atoms with Crippen molar-refractivity contribution in [3.8, 4) is 12.1 Å². The highest BCUT2D eigenvalue weighted by atomic mass is 32.1. The van der Waals surface area contributed by atoms with Gasteiger partial charge in [0, 0.05) is 6.20 Å². The summed E-state index contributed by atoms with van der Waals surface area (Å²) in [7, 11) is 0. The number of Topliss-reactive ketones (excluding diaryl/α,β-unsaturated/α-hetero) is 1. The second-order valence-corrected chi connectivity index (χ2v) is 6.25. The molecule has 2 heterocycles. The molecular formula is C21H13N3OS.